The van der Waals surface area contributed by atoms with Crippen LogP contribution in [0.3, 0.4) is 0 Å². The number of hydrogen-bond donors (Lipinski definition) is 2. The zero-order chi connectivity index (χ0) is 10.6. The van der Waals surface area contributed by atoms with E-state index in [1.807, 2.05) is 18.2 Å². The van der Waals surface area contributed by atoms with Gasteiger partial charge in [0, 0.05) is 5.75 Å². The normalized spacial score (nSPS) is 10.6. The molecule has 0 aliphatic rings. The zero-order valence-corrected chi connectivity index (χ0v) is 9.29. The van der Waals surface area contributed by atoms with Gasteiger partial charge >= 0.3 is 7.12 Å². The van der Waals surface area contributed by atoms with Gasteiger partial charge in [0.2, 0.25) is 0 Å². The number of thioether (sulfide) groups is 1. The average molecular weight is 210 g/mol. The molecule has 0 bridgehead atoms. The fourth-order valence-electron chi connectivity index (χ4n) is 1.17. The molecule has 0 heterocycles. The summed E-state index contributed by atoms with van der Waals surface area (Å²) in [5, 5.41) is 18.8. The Morgan fingerprint density at radius 3 is 2.50 bits per heavy atom. The molecule has 2 N–H and O–H groups in total. The van der Waals surface area contributed by atoms with Crippen LogP contribution in [-0.2, 0) is 5.75 Å². The summed E-state index contributed by atoms with van der Waals surface area (Å²) in [4.78, 5) is 0. The molecule has 76 valence electrons. The van der Waals surface area contributed by atoms with Gasteiger partial charge in [-0.1, -0.05) is 38.1 Å². The van der Waals surface area contributed by atoms with E-state index in [2.05, 4.69) is 13.8 Å². The van der Waals surface area contributed by atoms with Crippen LogP contribution in [0.25, 0.3) is 0 Å². The number of rotatable bonds is 4. The summed E-state index contributed by atoms with van der Waals surface area (Å²) in [5.41, 5.74) is 1.61. The molecule has 14 heavy (non-hydrogen) atoms. The zero-order valence-electron chi connectivity index (χ0n) is 8.47. The minimum Gasteiger partial charge on any atom is -0.423 e. The molecule has 1 aromatic rings. The highest BCUT2D eigenvalue weighted by Gasteiger charge is 2.14. The van der Waals surface area contributed by atoms with Crippen LogP contribution in [-0.4, -0.2) is 22.4 Å². The van der Waals surface area contributed by atoms with Crippen LogP contribution in [0.1, 0.15) is 19.4 Å². The van der Waals surface area contributed by atoms with Gasteiger partial charge in [-0.15, -0.1) is 0 Å². The van der Waals surface area contributed by atoms with Crippen LogP contribution >= 0.6 is 11.8 Å². The maximum absolute atomic E-state index is 9.12. The highest BCUT2D eigenvalue weighted by atomic mass is 32.2. The Labute approximate surface area is 89.5 Å². The minimum atomic E-state index is -1.36. The molecule has 0 saturated heterocycles. The third kappa shape index (κ3) is 3.37. The van der Waals surface area contributed by atoms with Crippen LogP contribution in [0.2, 0.25) is 0 Å². The summed E-state index contributed by atoms with van der Waals surface area (Å²) in [5.74, 6) is 0.825. The fourth-order valence-corrected chi connectivity index (χ4v) is 1.95. The number of hydrogen-bond acceptors (Lipinski definition) is 3. The van der Waals surface area contributed by atoms with Crippen molar-refractivity contribution < 1.29 is 10.0 Å². The molecular formula is C10H15BO2S. The fraction of sp³-hybridized carbons (Fsp3) is 0.400. The first kappa shape index (κ1) is 11.6. The lowest BCUT2D eigenvalue weighted by molar-refractivity contribution is 0.425. The van der Waals surface area contributed by atoms with E-state index < -0.39 is 7.12 Å². The molecule has 0 aliphatic carbocycles. The predicted octanol–water partition coefficient (Wildman–Crippen LogP) is 1.01. The molecule has 0 atom stereocenters. The predicted molar refractivity (Wildman–Crippen MR) is 62.7 cm³/mol. The van der Waals surface area contributed by atoms with Crippen molar-refractivity contribution in [3.05, 3.63) is 29.8 Å². The van der Waals surface area contributed by atoms with E-state index in [-0.39, 0.29) is 0 Å². The van der Waals surface area contributed by atoms with Crippen molar-refractivity contribution in [3.8, 4) is 0 Å². The first-order valence-electron chi connectivity index (χ1n) is 4.67. The average Bonchev–Trinajstić information content (AvgIpc) is 2.15. The summed E-state index contributed by atoms with van der Waals surface area (Å²) in [6, 6.07) is 7.42. The third-order valence-corrected chi connectivity index (χ3v) is 3.05. The molecule has 0 amide bonds. The lowest BCUT2D eigenvalue weighted by Crippen LogP contribution is -2.32. The van der Waals surface area contributed by atoms with E-state index in [0.717, 1.165) is 11.3 Å². The molecule has 0 aromatic heterocycles. The van der Waals surface area contributed by atoms with Crippen LogP contribution in [0, 0.1) is 0 Å². The van der Waals surface area contributed by atoms with Crippen molar-refractivity contribution >= 4 is 24.3 Å². The van der Waals surface area contributed by atoms with E-state index in [9.17, 15) is 0 Å². The van der Waals surface area contributed by atoms with E-state index in [1.165, 1.54) is 0 Å². The lowest BCUT2D eigenvalue weighted by atomic mass is 9.77. The Morgan fingerprint density at radius 1 is 1.29 bits per heavy atom. The van der Waals surface area contributed by atoms with E-state index in [4.69, 9.17) is 10.0 Å². The molecule has 2 nitrogen and oxygen atoms in total. The maximum atomic E-state index is 9.12. The van der Waals surface area contributed by atoms with Crippen molar-refractivity contribution in [3.63, 3.8) is 0 Å². The highest BCUT2D eigenvalue weighted by Crippen LogP contribution is 2.15. The molecule has 0 aliphatic heterocycles. The first-order valence-corrected chi connectivity index (χ1v) is 5.71. The van der Waals surface area contributed by atoms with Gasteiger partial charge in [0.15, 0.2) is 0 Å². The van der Waals surface area contributed by atoms with Crippen molar-refractivity contribution in [1.29, 1.82) is 0 Å². The minimum absolute atomic E-state index is 0.555. The van der Waals surface area contributed by atoms with Crippen molar-refractivity contribution in [2.75, 3.05) is 0 Å². The van der Waals surface area contributed by atoms with Crippen LogP contribution in [0.5, 0.6) is 0 Å². The molecular weight excluding hydrogens is 195 g/mol. The smallest absolute Gasteiger partial charge is 0.423 e. The van der Waals surface area contributed by atoms with E-state index in [1.54, 1.807) is 17.8 Å². The summed E-state index contributed by atoms with van der Waals surface area (Å²) < 4.78 is 0. The van der Waals surface area contributed by atoms with Crippen molar-refractivity contribution in [2.24, 2.45) is 0 Å². The topological polar surface area (TPSA) is 40.5 Å². The second-order valence-electron chi connectivity index (χ2n) is 3.43. The second kappa shape index (κ2) is 5.44. The van der Waals surface area contributed by atoms with Gasteiger partial charge in [-0.05, 0) is 16.3 Å². The maximum Gasteiger partial charge on any atom is 0.488 e. The molecule has 0 radical (unpaired) electrons. The molecule has 0 spiro atoms. The van der Waals surface area contributed by atoms with Gasteiger partial charge in [0.05, 0.1) is 0 Å². The molecule has 4 heteroatoms. The third-order valence-electron chi connectivity index (χ3n) is 1.91. The van der Waals surface area contributed by atoms with E-state index in [0.29, 0.717) is 10.7 Å². The first-order chi connectivity index (χ1) is 6.61. The van der Waals surface area contributed by atoms with Crippen LogP contribution < -0.4 is 5.46 Å². The largest absolute Gasteiger partial charge is 0.488 e. The number of benzene rings is 1. The summed E-state index contributed by atoms with van der Waals surface area (Å²) in [6.07, 6.45) is 0. The van der Waals surface area contributed by atoms with Crippen LogP contribution in [0.4, 0.5) is 0 Å². The second-order valence-corrected chi connectivity index (χ2v) is 5.00. The molecule has 1 aromatic carbocycles. The molecule has 0 saturated carbocycles. The van der Waals surface area contributed by atoms with Gasteiger partial charge < -0.3 is 10.0 Å². The Bertz CT molecular complexity index is 289. The Morgan fingerprint density at radius 2 is 1.93 bits per heavy atom. The Balaban J connectivity index is 2.74. The van der Waals surface area contributed by atoms with Gasteiger partial charge in [0.25, 0.3) is 0 Å². The lowest BCUT2D eigenvalue weighted by Gasteiger charge is -2.09. The summed E-state index contributed by atoms with van der Waals surface area (Å²) >= 11 is 1.79. The molecule has 1 rings (SSSR count). The molecule has 0 unspecified atom stereocenters. The Hall–Kier alpha value is -0.445. The van der Waals surface area contributed by atoms with Crippen LogP contribution in [0.15, 0.2) is 24.3 Å². The monoisotopic (exact) mass is 210 g/mol. The summed E-state index contributed by atoms with van der Waals surface area (Å²) in [6.45, 7) is 4.26. The van der Waals surface area contributed by atoms with Gasteiger partial charge in [-0.3, -0.25) is 0 Å². The SMILES string of the molecule is CC(C)SCc1ccccc1B(O)O. The van der Waals surface area contributed by atoms with Gasteiger partial charge in [-0.2, -0.15) is 11.8 Å². The highest BCUT2D eigenvalue weighted by molar-refractivity contribution is 7.99. The Kier molecular flexibility index (Phi) is 4.52. The molecule has 0 fully saturated rings. The van der Waals surface area contributed by atoms with Gasteiger partial charge in [0.1, 0.15) is 0 Å². The van der Waals surface area contributed by atoms with Gasteiger partial charge in [-0.25, -0.2) is 0 Å². The standard InChI is InChI=1S/C10H15BO2S/c1-8(2)14-7-9-5-3-4-6-10(9)11(12)13/h3-6,8,12-13H,7H2,1-2H3. The van der Waals surface area contributed by atoms with E-state index >= 15 is 0 Å². The van der Waals surface area contributed by atoms with Crippen molar-refractivity contribution in [1.82, 2.24) is 0 Å². The summed E-state index contributed by atoms with van der Waals surface area (Å²) in [7, 11) is -1.36. The van der Waals surface area contributed by atoms with Crippen molar-refractivity contribution in [2.45, 2.75) is 24.9 Å². The quantitative estimate of drug-likeness (QED) is 0.728.